The Morgan fingerprint density at radius 3 is 2.71 bits per heavy atom. The lowest BCUT2D eigenvalue weighted by molar-refractivity contribution is -0.143. The highest BCUT2D eigenvalue weighted by Gasteiger charge is 2.05. The number of carbonyl (C=O) groups excluding carboxylic acids is 2. The van der Waals surface area contributed by atoms with E-state index in [0.717, 1.165) is 12.8 Å². The van der Waals surface area contributed by atoms with Crippen molar-refractivity contribution in [1.29, 1.82) is 0 Å². The van der Waals surface area contributed by atoms with Crippen LogP contribution >= 0.6 is 0 Å². The molecule has 0 aliphatic heterocycles. The number of nitrogens with one attached hydrogen (secondary N) is 1. The Balaban J connectivity index is 4.11. The maximum atomic E-state index is 11.0. The molecule has 0 aliphatic carbocycles. The van der Waals surface area contributed by atoms with Gasteiger partial charge in [-0.05, 0) is 19.4 Å². The zero-order valence-electron chi connectivity index (χ0n) is 8.29. The largest absolute Gasteiger partial charge is 0.366 e. The number of hydrogen-bond donors (Lipinski definition) is 2. The first kappa shape index (κ1) is 12.3. The summed E-state index contributed by atoms with van der Waals surface area (Å²) in [7, 11) is 0. The molecule has 2 amide bonds. The fraction of sp³-hybridized carbons (Fsp3) is 0.444. The smallest absolute Gasteiger partial charge is 0.349 e. The number of hydroxylamine groups is 1. The van der Waals surface area contributed by atoms with E-state index in [-0.39, 0.29) is 5.57 Å². The standard InChI is InChI=1S/C9H14N2O3/c1-3-4-5-6-7(2)8(12)14-11-9(10)13/h5H,3-4H2,1-2H3,(H3,10,11,13). The summed E-state index contributed by atoms with van der Waals surface area (Å²) in [6.45, 7) is 3.55. The molecular weight excluding hydrogens is 184 g/mol. The minimum Gasteiger partial charge on any atom is -0.349 e. The van der Waals surface area contributed by atoms with E-state index in [1.54, 1.807) is 11.6 Å². The van der Waals surface area contributed by atoms with Gasteiger partial charge in [0.2, 0.25) is 0 Å². The Kier molecular flexibility index (Phi) is 5.90. The van der Waals surface area contributed by atoms with Crippen LogP contribution in [0, 0.1) is 0 Å². The molecule has 0 fully saturated rings. The van der Waals surface area contributed by atoms with Crippen LogP contribution < -0.4 is 11.2 Å². The summed E-state index contributed by atoms with van der Waals surface area (Å²) in [5.74, 6) is -0.670. The Morgan fingerprint density at radius 2 is 2.21 bits per heavy atom. The summed E-state index contributed by atoms with van der Waals surface area (Å²) in [5, 5.41) is 0. The van der Waals surface area contributed by atoms with Gasteiger partial charge in [0, 0.05) is 0 Å². The van der Waals surface area contributed by atoms with Crippen molar-refractivity contribution < 1.29 is 14.4 Å². The molecule has 0 saturated carbocycles. The first-order chi connectivity index (χ1) is 6.57. The molecule has 0 saturated heterocycles. The van der Waals surface area contributed by atoms with E-state index in [1.807, 2.05) is 6.92 Å². The Bertz CT molecular complexity index is 278. The maximum Gasteiger partial charge on any atom is 0.366 e. The summed E-state index contributed by atoms with van der Waals surface area (Å²) < 4.78 is 0. The normalized spacial score (nSPS) is 8.43. The number of carbonyl (C=O) groups is 2. The lowest BCUT2D eigenvalue weighted by atomic mass is 10.3. The first-order valence-corrected chi connectivity index (χ1v) is 4.26. The third kappa shape index (κ3) is 5.85. The SMILES string of the molecule is CCCC=C=C(C)C(=O)ONC(N)=O. The van der Waals surface area contributed by atoms with E-state index < -0.39 is 12.0 Å². The van der Waals surface area contributed by atoms with Gasteiger partial charge in [-0.3, -0.25) is 0 Å². The van der Waals surface area contributed by atoms with Crippen LogP contribution in [0.4, 0.5) is 4.79 Å². The van der Waals surface area contributed by atoms with Gasteiger partial charge in [-0.2, -0.15) is 5.48 Å². The zero-order valence-corrected chi connectivity index (χ0v) is 8.29. The third-order valence-corrected chi connectivity index (χ3v) is 1.30. The van der Waals surface area contributed by atoms with Crippen molar-refractivity contribution in [2.45, 2.75) is 26.7 Å². The Morgan fingerprint density at radius 1 is 1.57 bits per heavy atom. The molecule has 0 spiro atoms. The predicted molar refractivity (Wildman–Crippen MR) is 51.0 cm³/mol. The summed E-state index contributed by atoms with van der Waals surface area (Å²) in [6, 6.07) is -0.913. The third-order valence-electron chi connectivity index (χ3n) is 1.30. The monoisotopic (exact) mass is 198 g/mol. The molecule has 0 aromatic heterocycles. The summed E-state index contributed by atoms with van der Waals surface area (Å²) in [6.07, 6.45) is 3.56. The van der Waals surface area contributed by atoms with Gasteiger partial charge < -0.3 is 10.6 Å². The van der Waals surface area contributed by atoms with Crippen molar-refractivity contribution >= 4 is 12.0 Å². The fourth-order valence-corrected chi connectivity index (χ4v) is 0.602. The number of unbranched alkanes of at least 4 members (excludes halogenated alkanes) is 1. The number of hydrogen-bond acceptors (Lipinski definition) is 3. The quantitative estimate of drug-likeness (QED) is 0.403. The van der Waals surface area contributed by atoms with Gasteiger partial charge in [0.05, 0.1) is 5.57 Å². The highest BCUT2D eigenvalue weighted by atomic mass is 16.7. The molecule has 0 rings (SSSR count). The van der Waals surface area contributed by atoms with E-state index >= 15 is 0 Å². The fourth-order valence-electron chi connectivity index (χ4n) is 0.602. The van der Waals surface area contributed by atoms with Crippen LogP contribution in [0.1, 0.15) is 26.7 Å². The van der Waals surface area contributed by atoms with Crippen molar-refractivity contribution in [3.05, 3.63) is 17.4 Å². The van der Waals surface area contributed by atoms with Crippen LogP contribution in [0.5, 0.6) is 0 Å². The molecule has 0 unspecified atom stereocenters. The van der Waals surface area contributed by atoms with Crippen LogP contribution in [0.15, 0.2) is 17.4 Å². The van der Waals surface area contributed by atoms with E-state index in [0.29, 0.717) is 0 Å². The molecule has 0 bridgehead atoms. The van der Waals surface area contributed by atoms with E-state index in [2.05, 4.69) is 10.6 Å². The molecule has 0 aromatic carbocycles. The molecule has 3 N–H and O–H groups in total. The van der Waals surface area contributed by atoms with Crippen molar-refractivity contribution in [1.82, 2.24) is 5.48 Å². The average Bonchev–Trinajstić information content (AvgIpc) is 2.14. The maximum absolute atomic E-state index is 11.0. The molecule has 5 nitrogen and oxygen atoms in total. The lowest BCUT2D eigenvalue weighted by Crippen LogP contribution is -2.31. The molecule has 5 heteroatoms. The van der Waals surface area contributed by atoms with Crippen molar-refractivity contribution in [3.8, 4) is 0 Å². The van der Waals surface area contributed by atoms with Crippen LogP contribution in [-0.4, -0.2) is 12.0 Å². The van der Waals surface area contributed by atoms with Crippen LogP contribution in [0.3, 0.4) is 0 Å². The highest BCUT2D eigenvalue weighted by Crippen LogP contribution is 1.94. The highest BCUT2D eigenvalue weighted by molar-refractivity contribution is 5.88. The van der Waals surface area contributed by atoms with Gasteiger partial charge in [-0.15, -0.1) is 5.73 Å². The van der Waals surface area contributed by atoms with Crippen molar-refractivity contribution in [3.63, 3.8) is 0 Å². The second-order valence-corrected chi connectivity index (χ2v) is 2.62. The summed E-state index contributed by atoms with van der Waals surface area (Å²) >= 11 is 0. The van der Waals surface area contributed by atoms with Crippen molar-refractivity contribution in [2.75, 3.05) is 0 Å². The minimum absolute atomic E-state index is 0.284. The Labute approximate surface area is 82.6 Å². The van der Waals surface area contributed by atoms with E-state index in [9.17, 15) is 9.59 Å². The topological polar surface area (TPSA) is 81.4 Å². The number of urea groups is 1. The zero-order chi connectivity index (χ0) is 11.0. The van der Waals surface area contributed by atoms with Gasteiger partial charge in [-0.25, -0.2) is 9.59 Å². The van der Waals surface area contributed by atoms with Gasteiger partial charge in [-0.1, -0.05) is 13.3 Å². The van der Waals surface area contributed by atoms with Crippen LogP contribution in [0.25, 0.3) is 0 Å². The van der Waals surface area contributed by atoms with E-state index in [4.69, 9.17) is 5.73 Å². The van der Waals surface area contributed by atoms with Crippen LogP contribution in [0.2, 0.25) is 0 Å². The van der Waals surface area contributed by atoms with Gasteiger partial charge in [0.15, 0.2) is 0 Å². The number of nitrogens with two attached hydrogens (primary N) is 1. The molecule has 78 valence electrons. The van der Waals surface area contributed by atoms with Crippen LogP contribution in [-0.2, 0) is 9.63 Å². The minimum atomic E-state index is -0.913. The second kappa shape index (κ2) is 6.74. The number of amides is 2. The average molecular weight is 198 g/mol. The van der Waals surface area contributed by atoms with Gasteiger partial charge in [0.25, 0.3) is 0 Å². The number of rotatable bonds is 3. The Hall–Kier alpha value is -1.74. The molecular formula is C9H14N2O3. The lowest BCUT2D eigenvalue weighted by Gasteiger charge is -2.00. The first-order valence-electron chi connectivity index (χ1n) is 4.26. The number of primary amides is 1. The van der Waals surface area contributed by atoms with E-state index in [1.165, 1.54) is 6.92 Å². The summed E-state index contributed by atoms with van der Waals surface area (Å²) in [4.78, 5) is 25.5. The summed E-state index contributed by atoms with van der Waals surface area (Å²) in [5.41, 5.74) is 9.45. The molecule has 0 atom stereocenters. The predicted octanol–water partition coefficient (Wildman–Crippen LogP) is 1.01. The molecule has 0 radical (unpaired) electrons. The molecule has 14 heavy (non-hydrogen) atoms. The molecule has 0 heterocycles. The van der Waals surface area contributed by atoms with Crippen molar-refractivity contribution in [2.24, 2.45) is 5.73 Å². The second-order valence-electron chi connectivity index (χ2n) is 2.62. The molecule has 0 aliphatic rings. The van der Waals surface area contributed by atoms with Gasteiger partial charge >= 0.3 is 12.0 Å². The molecule has 0 aromatic rings. The van der Waals surface area contributed by atoms with Gasteiger partial charge in [0.1, 0.15) is 0 Å².